The predicted octanol–water partition coefficient (Wildman–Crippen LogP) is 4.73. The summed E-state index contributed by atoms with van der Waals surface area (Å²) >= 11 is 1.57. The second kappa shape index (κ2) is 6.29. The highest BCUT2D eigenvalue weighted by Crippen LogP contribution is 2.24. The number of rotatable bonds is 3. The minimum atomic E-state index is 0.701. The second-order valence-electron chi connectivity index (χ2n) is 5.30. The van der Waals surface area contributed by atoms with Crippen molar-refractivity contribution < 1.29 is 4.42 Å². The molecule has 0 atom stereocenters. The van der Waals surface area contributed by atoms with Crippen molar-refractivity contribution >= 4 is 17.2 Å². The van der Waals surface area contributed by atoms with Crippen molar-refractivity contribution in [1.82, 2.24) is 9.55 Å². The van der Waals surface area contributed by atoms with Crippen molar-refractivity contribution in [3.8, 4) is 17.1 Å². The van der Waals surface area contributed by atoms with E-state index in [9.17, 15) is 0 Å². The third-order valence-corrected chi connectivity index (χ3v) is 4.41. The first kappa shape index (κ1) is 14.7. The molecule has 0 aliphatic carbocycles. The molecule has 4 nitrogen and oxygen atoms in total. The monoisotopic (exact) mass is 333 g/mol. The molecular weight excluding hydrogens is 318 g/mol. The molecule has 3 heterocycles. The van der Waals surface area contributed by atoms with Crippen LogP contribution < -0.4 is 4.80 Å². The number of benzene rings is 1. The number of para-hydroxylation sites is 1. The predicted molar refractivity (Wildman–Crippen MR) is 95.5 cm³/mol. The average molecular weight is 333 g/mol. The molecule has 3 aromatic heterocycles. The molecule has 1 aromatic carbocycles. The van der Waals surface area contributed by atoms with Crippen LogP contribution in [0.4, 0.5) is 5.82 Å². The molecule has 4 aromatic rings. The Balaban J connectivity index is 1.95. The Kier molecular flexibility index (Phi) is 3.84. The van der Waals surface area contributed by atoms with Crippen LogP contribution in [-0.2, 0) is 0 Å². The van der Waals surface area contributed by atoms with E-state index in [0.717, 1.165) is 27.6 Å². The van der Waals surface area contributed by atoms with Crippen molar-refractivity contribution in [3.63, 3.8) is 0 Å². The van der Waals surface area contributed by atoms with Gasteiger partial charge < -0.3 is 4.42 Å². The van der Waals surface area contributed by atoms with Gasteiger partial charge in [0, 0.05) is 16.8 Å². The standard InChI is InChI=1S/C19H15N3OS/c1-14-7-5-11-18(20-14)21-19-22(15-8-3-2-4-9-15)16(13-24-19)17-10-6-12-23-17/h2-13H,1H3/b21-19-. The summed E-state index contributed by atoms with van der Waals surface area (Å²) in [5, 5.41) is 2.06. The highest BCUT2D eigenvalue weighted by Gasteiger charge is 2.12. The Morgan fingerprint density at radius 1 is 1.00 bits per heavy atom. The lowest BCUT2D eigenvalue weighted by molar-refractivity contribution is 0.578. The summed E-state index contributed by atoms with van der Waals surface area (Å²) in [7, 11) is 0. The zero-order chi connectivity index (χ0) is 16.4. The molecule has 0 N–H and O–H groups in total. The lowest BCUT2D eigenvalue weighted by Gasteiger charge is -2.07. The zero-order valence-corrected chi connectivity index (χ0v) is 13.9. The first-order valence-electron chi connectivity index (χ1n) is 7.59. The highest BCUT2D eigenvalue weighted by atomic mass is 32.1. The quantitative estimate of drug-likeness (QED) is 0.544. The lowest BCUT2D eigenvalue weighted by Crippen LogP contribution is -2.13. The van der Waals surface area contributed by atoms with Crippen LogP contribution in [0.2, 0.25) is 0 Å². The van der Waals surface area contributed by atoms with E-state index in [1.165, 1.54) is 0 Å². The van der Waals surface area contributed by atoms with E-state index in [4.69, 9.17) is 9.41 Å². The normalized spacial score (nSPS) is 11.8. The molecule has 0 fully saturated rings. The molecule has 0 saturated carbocycles. The third-order valence-electron chi connectivity index (χ3n) is 3.58. The van der Waals surface area contributed by atoms with Gasteiger partial charge in [0.1, 0.15) is 5.69 Å². The summed E-state index contributed by atoms with van der Waals surface area (Å²) in [6.07, 6.45) is 1.68. The minimum absolute atomic E-state index is 0.701. The number of aromatic nitrogens is 2. The van der Waals surface area contributed by atoms with Crippen molar-refractivity contribution in [2.45, 2.75) is 6.92 Å². The molecule has 0 bridgehead atoms. The topological polar surface area (TPSA) is 43.3 Å². The number of hydrogen-bond donors (Lipinski definition) is 0. The number of furan rings is 1. The Bertz CT molecular complexity index is 1010. The molecule has 0 unspecified atom stereocenters. The van der Waals surface area contributed by atoms with Gasteiger partial charge in [-0.25, -0.2) is 9.98 Å². The number of aryl methyl sites for hydroxylation is 1. The second-order valence-corrected chi connectivity index (χ2v) is 6.14. The van der Waals surface area contributed by atoms with Crippen LogP contribution >= 0.6 is 11.3 Å². The van der Waals surface area contributed by atoms with E-state index >= 15 is 0 Å². The van der Waals surface area contributed by atoms with Gasteiger partial charge in [0.25, 0.3) is 0 Å². The maximum atomic E-state index is 5.59. The van der Waals surface area contributed by atoms with E-state index in [-0.39, 0.29) is 0 Å². The molecule has 4 rings (SSSR count). The third kappa shape index (κ3) is 2.81. The summed E-state index contributed by atoms with van der Waals surface area (Å²) in [6.45, 7) is 1.97. The van der Waals surface area contributed by atoms with Crippen molar-refractivity contribution in [2.75, 3.05) is 0 Å². The Hall–Kier alpha value is -2.92. The summed E-state index contributed by atoms with van der Waals surface area (Å²) in [5.74, 6) is 1.52. The highest BCUT2D eigenvalue weighted by molar-refractivity contribution is 7.07. The summed E-state index contributed by atoms with van der Waals surface area (Å²) in [4.78, 5) is 10.1. The van der Waals surface area contributed by atoms with Crippen molar-refractivity contribution in [1.29, 1.82) is 0 Å². The van der Waals surface area contributed by atoms with Gasteiger partial charge in [-0.2, -0.15) is 0 Å². The largest absolute Gasteiger partial charge is 0.463 e. The van der Waals surface area contributed by atoms with Gasteiger partial charge >= 0.3 is 0 Å². The van der Waals surface area contributed by atoms with Gasteiger partial charge in [0.15, 0.2) is 16.4 Å². The van der Waals surface area contributed by atoms with Gasteiger partial charge in [-0.1, -0.05) is 24.3 Å². The van der Waals surface area contributed by atoms with Gasteiger partial charge in [-0.15, -0.1) is 11.3 Å². The van der Waals surface area contributed by atoms with Crippen molar-refractivity contribution in [3.05, 3.63) is 82.8 Å². The van der Waals surface area contributed by atoms with Crippen molar-refractivity contribution in [2.24, 2.45) is 4.99 Å². The fraction of sp³-hybridized carbons (Fsp3) is 0.0526. The maximum absolute atomic E-state index is 5.59. The van der Waals surface area contributed by atoms with Gasteiger partial charge in [0.05, 0.1) is 6.26 Å². The van der Waals surface area contributed by atoms with E-state index in [2.05, 4.69) is 27.1 Å². The minimum Gasteiger partial charge on any atom is -0.463 e. The lowest BCUT2D eigenvalue weighted by atomic mass is 10.3. The smallest absolute Gasteiger partial charge is 0.196 e. The molecule has 0 spiro atoms. The number of pyridine rings is 1. The van der Waals surface area contributed by atoms with E-state index < -0.39 is 0 Å². The summed E-state index contributed by atoms with van der Waals surface area (Å²) < 4.78 is 7.68. The first-order chi connectivity index (χ1) is 11.8. The maximum Gasteiger partial charge on any atom is 0.196 e. The van der Waals surface area contributed by atoms with Crippen LogP contribution in [0.25, 0.3) is 17.1 Å². The first-order valence-corrected chi connectivity index (χ1v) is 8.47. The van der Waals surface area contributed by atoms with Crippen LogP contribution in [0.15, 0.2) is 81.7 Å². The average Bonchev–Trinajstić information content (AvgIpc) is 3.25. The van der Waals surface area contributed by atoms with Crippen LogP contribution in [0.1, 0.15) is 5.69 Å². The number of nitrogens with zero attached hydrogens (tertiary/aromatic N) is 3. The molecule has 5 heteroatoms. The Morgan fingerprint density at radius 3 is 2.62 bits per heavy atom. The van der Waals surface area contributed by atoms with Crippen LogP contribution in [-0.4, -0.2) is 9.55 Å². The molecule has 0 radical (unpaired) electrons. The van der Waals surface area contributed by atoms with E-state index in [1.54, 1.807) is 17.6 Å². The summed E-state index contributed by atoms with van der Waals surface area (Å²) in [6, 6.07) is 19.8. The Morgan fingerprint density at radius 2 is 1.88 bits per heavy atom. The molecular formula is C19H15N3OS. The Labute approximate surface area is 143 Å². The molecule has 118 valence electrons. The number of hydrogen-bond acceptors (Lipinski definition) is 4. The molecule has 0 saturated heterocycles. The van der Waals surface area contributed by atoms with Crippen LogP contribution in [0.3, 0.4) is 0 Å². The van der Waals surface area contributed by atoms with Gasteiger partial charge in [0.2, 0.25) is 0 Å². The van der Waals surface area contributed by atoms with Gasteiger partial charge in [-0.05, 0) is 43.3 Å². The van der Waals surface area contributed by atoms with Crippen LogP contribution in [0, 0.1) is 6.92 Å². The summed E-state index contributed by atoms with van der Waals surface area (Å²) in [5.41, 5.74) is 2.96. The fourth-order valence-electron chi connectivity index (χ4n) is 2.50. The molecule has 0 aliphatic rings. The van der Waals surface area contributed by atoms with Crippen LogP contribution in [0.5, 0.6) is 0 Å². The fourth-order valence-corrected chi connectivity index (χ4v) is 3.40. The molecule has 0 aliphatic heterocycles. The number of thiazole rings is 1. The molecule has 0 amide bonds. The van der Waals surface area contributed by atoms with Gasteiger partial charge in [-0.3, -0.25) is 4.57 Å². The SMILES string of the molecule is Cc1cccc(/N=c2\scc(-c3ccco3)n2-c2ccccc2)n1. The molecule has 24 heavy (non-hydrogen) atoms. The van der Waals surface area contributed by atoms with E-state index in [1.807, 2.05) is 55.5 Å². The van der Waals surface area contributed by atoms with E-state index in [0.29, 0.717) is 5.82 Å². The zero-order valence-electron chi connectivity index (χ0n) is 13.1.